The third kappa shape index (κ3) is 13.4. The Hall–Kier alpha value is -7.71. The van der Waals surface area contributed by atoms with Gasteiger partial charge in [0.05, 0.1) is 52.8 Å². The molecule has 3 N–H and O–H groups in total. The van der Waals surface area contributed by atoms with Crippen molar-refractivity contribution in [1.82, 2.24) is 20.4 Å². The van der Waals surface area contributed by atoms with Crippen molar-refractivity contribution in [3.05, 3.63) is 137 Å². The molecule has 0 aliphatic carbocycles. The van der Waals surface area contributed by atoms with E-state index in [4.69, 9.17) is 33.4 Å². The van der Waals surface area contributed by atoms with Gasteiger partial charge in [0.2, 0.25) is 29.5 Å². The van der Waals surface area contributed by atoms with Gasteiger partial charge in [0.15, 0.2) is 11.6 Å². The van der Waals surface area contributed by atoms with Gasteiger partial charge < -0.3 is 48.9 Å². The maximum Gasteiger partial charge on any atom is 0.256 e. The molecule has 0 radical (unpaired) electrons. The van der Waals surface area contributed by atoms with Gasteiger partial charge in [-0.15, -0.1) is 0 Å². The van der Waals surface area contributed by atoms with Crippen LogP contribution in [-0.2, 0) is 71.9 Å². The first kappa shape index (κ1) is 51.6. The molecule has 378 valence electrons. The number of aliphatic imine (C=N–C) groups is 1. The maximum absolute atomic E-state index is 14.8. The Morgan fingerprint density at radius 2 is 1.41 bits per heavy atom. The highest BCUT2D eigenvalue weighted by Gasteiger charge is 2.57. The van der Waals surface area contributed by atoms with Gasteiger partial charge >= 0.3 is 0 Å². The van der Waals surface area contributed by atoms with Gasteiger partial charge in [-0.25, -0.2) is 4.99 Å². The number of nitrogens with one attached hydrogen (secondary N) is 3. The molecule has 0 bridgehead atoms. The molecule has 4 aliphatic rings. The highest BCUT2D eigenvalue weighted by molar-refractivity contribution is 6.07. The largest absolute Gasteiger partial charge is 0.466 e. The van der Waals surface area contributed by atoms with E-state index in [-0.39, 0.29) is 102 Å². The summed E-state index contributed by atoms with van der Waals surface area (Å²) in [6, 6.07) is 31.3. The van der Waals surface area contributed by atoms with Crippen LogP contribution in [0.15, 0.2) is 108 Å². The molecule has 18 nitrogen and oxygen atoms in total. The van der Waals surface area contributed by atoms with E-state index in [1.807, 2.05) is 84.9 Å². The molecule has 4 aromatic rings. The fourth-order valence-electron chi connectivity index (χ4n) is 8.91. The zero-order valence-corrected chi connectivity index (χ0v) is 40.2. The average molecular weight is 993 g/mol. The van der Waals surface area contributed by atoms with E-state index in [0.29, 0.717) is 55.6 Å². The molecule has 6 amide bonds. The van der Waals surface area contributed by atoms with Crippen molar-refractivity contribution >= 4 is 47.0 Å². The second-order valence-corrected chi connectivity index (χ2v) is 17.3. The van der Waals surface area contributed by atoms with E-state index in [2.05, 4.69) is 39.6 Å². The smallest absolute Gasteiger partial charge is 0.256 e. The lowest BCUT2D eigenvalue weighted by Crippen LogP contribution is -2.52. The molecule has 0 saturated carbocycles. The van der Waals surface area contributed by atoms with Crippen LogP contribution in [0.3, 0.4) is 0 Å². The Kier molecular flexibility index (Phi) is 18.1. The molecule has 0 aromatic heterocycles. The molecule has 73 heavy (non-hydrogen) atoms. The molecule has 1 fully saturated rings. The first-order valence-electron chi connectivity index (χ1n) is 24.1. The zero-order valence-electron chi connectivity index (χ0n) is 40.2. The first-order valence-corrected chi connectivity index (χ1v) is 24.1. The molecule has 18 heteroatoms. The van der Waals surface area contributed by atoms with Crippen LogP contribution >= 0.6 is 0 Å². The quantitative estimate of drug-likeness (QED) is 0.0556. The number of fused-ring (bicyclic) bond motifs is 4. The van der Waals surface area contributed by atoms with Crippen molar-refractivity contribution in [2.45, 2.75) is 50.0 Å². The van der Waals surface area contributed by atoms with Crippen LogP contribution in [0.2, 0.25) is 0 Å². The zero-order chi connectivity index (χ0) is 50.8. The van der Waals surface area contributed by atoms with Crippen molar-refractivity contribution in [3.63, 3.8) is 0 Å². The minimum Gasteiger partial charge on any atom is -0.466 e. The predicted molar refractivity (Wildman–Crippen MR) is 265 cm³/mol. The minimum absolute atomic E-state index is 0.140. The fourth-order valence-corrected chi connectivity index (χ4v) is 8.91. The molecular weight excluding hydrogens is 937 g/mol. The number of piperidine rings is 1. The van der Waals surface area contributed by atoms with Gasteiger partial charge in [-0.1, -0.05) is 90.7 Å². The molecule has 1 unspecified atom stereocenters. The Morgan fingerprint density at radius 1 is 0.740 bits per heavy atom. The molecule has 4 heterocycles. The number of carbonyl (C=O) groups is 6. The summed E-state index contributed by atoms with van der Waals surface area (Å²) >= 11 is 0. The summed E-state index contributed by atoms with van der Waals surface area (Å²) in [6.45, 7) is 2.41. The van der Waals surface area contributed by atoms with Gasteiger partial charge in [0, 0.05) is 60.4 Å². The summed E-state index contributed by atoms with van der Waals surface area (Å²) < 4.78 is 34.1. The standard InChI is InChI=1S/C55H56N6O12/c62-47-23-22-46(51(65)58-47)61-36-44-43(53(61)66)20-13-21-45(44)57-49(64)38-72-33-32-71-31-29-69-26-12-2-1-11-25-68-28-30-70-27-24-56-48(63)37-60-35-41-18-9-10-19-42(41)50-55(54(60)67,34-39-14-5-3-6-15-39)59-52(73-50)40-16-7-4-8-17-40/h3-10,13-21,46,50H,22-38H2,(H,56,63)(H,57,64)(H,58,62,65)/t46?,50-,55-/m0/s1. The number of carbonyl (C=O) groups excluding carboxylic acids is 6. The maximum atomic E-state index is 14.8. The number of nitrogens with zero attached hydrogens (tertiary/aromatic N) is 3. The second kappa shape index (κ2) is 25.6. The molecule has 4 aliphatic heterocycles. The minimum atomic E-state index is -1.33. The van der Waals surface area contributed by atoms with Crippen LogP contribution in [0.4, 0.5) is 5.69 Å². The van der Waals surface area contributed by atoms with E-state index in [0.717, 1.165) is 22.3 Å². The third-order valence-corrected chi connectivity index (χ3v) is 12.4. The van der Waals surface area contributed by atoms with Crippen molar-refractivity contribution in [3.8, 4) is 23.7 Å². The van der Waals surface area contributed by atoms with E-state index >= 15 is 0 Å². The van der Waals surface area contributed by atoms with E-state index in [9.17, 15) is 28.8 Å². The van der Waals surface area contributed by atoms with Gasteiger partial charge in [-0.2, -0.15) is 0 Å². The normalized spacial score (nSPS) is 18.7. The Morgan fingerprint density at radius 3 is 2.15 bits per heavy atom. The number of amides is 6. The van der Waals surface area contributed by atoms with E-state index < -0.39 is 29.5 Å². The number of anilines is 1. The van der Waals surface area contributed by atoms with Gasteiger partial charge in [0.1, 0.15) is 25.9 Å². The monoisotopic (exact) mass is 992 g/mol. The number of ether oxygens (including phenoxy) is 6. The lowest BCUT2D eigenvalue weighted by Gasteiger charge is -2.32. The Bertz CT molecular complexity index is 2800. The first-order chi connectivity index (χ1) is 35.7. The average Bonchev–Trinajstić information content (AvgIpc) is 3.93. The molecule has 3 atom stereocenters. The van der Waals surface area contributed by atoms with Crippen LogP contribution < -0.4 is 16.0 Å². The molecule has 1 saturated heterocycles. The number of benzene rings is 4. The van der Waals surface area contributed by atoms with Gasteiger partial charge in [-0.3, -0.25) is 34.1 Å². The molecule has 8 rings (SSSR count). The van der Waals surface area contributed by atoms with E-state index in [1.165, 1.54) is 4.90 Å². The lowest BCUT2D eigenvalue weighted by molar-refractivity contribution is -0.143. The summed E-state index contributed by atoms with van der Waals surface area (Å²) in [5.74, 6) is 9.22. The Balaban J connectivity index is 0.655. The van der Waals surface area contributed by atoms with Gasteiger partial charge in [0.25, 0.3) is 11.8 Å². The second-order valence-electron chi connectivity index (χ2n) is 17.3. The Labute approximate surface area is 423 Å². The van der Waals surface area contributed by atoms with Crippen molar-refractivity contribution in [2.75, 3.05) is 84.5 Å². The third-order valence-electron chi connectivity index (χ3n) is 12.4. The van der Waals surface area contributed by atoms with Crippen molar-refractivity contribution in [2.24, 2.45) is 4.99 Å². The molecule has 4 aromatic carbocycles. The van der Waals surface area contributed by atoms with Crippen LogP contribution in [0.1, 0.15) is 57.1 Å². The fraction of sp³-hybridized carbons (Fsp3) is 0.364. The number of rotatable bonds is 23. The summed E-state index contributed by atoms with van der Waals surface area (Å²) in [4.78, 5) is 85.7. The van der Waals surface area contributed by atoms with Crippen LogP contribution in [0.5, 0.6) is 0 Å². The van der Waals surface area contributed by atoms with Crippen LogP contribution in [0.25, 0.3) is 0 Å². The summed E-state index contributed by atoms with van der Waals surface area (Å²) in [5.41, 5.74) is 3.60. The van der Waals surface area contributed by atoms with Crippen LogP contribution in [-0.4, -0.2) is 142 Å². The lowest BCUT2D eigenvalue weighted by atomic mass is 9.81. The van der Waals surface area contributed by atoms with Crippen molar-refractivity contribution in [1.29, 1.82) is 0 Å². The topological polar surface area (TPSA) is 213 Å². The SMILES string of the molecule is O=C(CN1Cc2ccccc2[C@@H]2OC(c3ccccc3)=N[C@]2(Cc2ccccc2)C1=O)NCCOCCOCC#CC#CCOCCOCCOCC(=O)Nc1cccc2c1CN(C1CCC(=O)NC1=O)C2=O. The highest BCUT2D eigenvalue weighted by atomic mass is 16.5. The van der Waals surface area contributed by atoms with Gasteiger partial charge in [-0.05, 0) is 53.7 Å². The number of hydrogen-bond donors (Lipinski definition) is 3. The summed E-state index contributed by atoms with van der Waals surface area (Å²) in [5, 5.41) is 7.93. The predicted octanol–water partition coefficient (Wildman–Crippen LogP) is 3.13. The number of hydrogen-bond acceptors (Lipinski definition) is 13. The number of imide groups is 1. The van der Waals surface area contributed by atoms with E-state index in [1.54, 1.807) is 23.1 Å². The summed E-state index contributed by atoms with van der Waals surface area (Å²) in [6.07, 6.45) is 0.0108. The van der Waals surface area contributed by atoms with Crippen LogP contribution in [0, 0.1) is 23.7 Å². The van der Waals surface area contributed by atoms with Crippen molar-refractivity contribution < 1.29 is 57.2 Å². The highest BCUT2D eigenvalue weighted by Crippen LogP contribution is 2.46. The molecular formula is C55H56N6O12. The summed E-state index contributed by atoms with van der Waals surface area (Å²) in [7, 11) is 0. The molecule has 0 spiro atoms.